The van der Waals surface area contributed by atoms with Gasteiger partial charge in [0, 0.05) is 6.54 Å². The lowest BCUT2D eigenvalue weighted by Crippen LogP contribution is -2.33. The van der Waals surface area contributed by atoms with Crippen LogP contribution in [0, 0.1) is 0 Å². The molecule has 0 aliphatic carbocycles. The van der Waals surface area contributed by atoms with Crippen LogP contribution in [0.25, 0.3) is 0 Å². The number of phenolic OH excluding ortho intramolecular Hbond substituents is 1. The first kappa shape index (κ1) is 9.45. The summed E-state index contributed by atoms with van der Waals surface area (Å²) in [4.78, 5) is 1.93. The Labute approximate surface area is 82.9 Å². The second-order valence-corrected chi connectivity index (χ2v) is 3.55. The second kappa shape index (κ2) is 3.57. The van der Waals surface area contributed by atoms with Gasteiger partial charge in [0.15, 0.2) is 6.35 Å². The first-order valence-corrected chi connectivity index (χ1v) is 4.57. The van der Waals surface area contributed by atoms with Gasteiger partial charge in [0.1, 0.15) is 5.75 Å². The molecule has 0 saturated carbocycles. The van der Waals surface area contributed by atoms with Crippen molar-refractivity contribution in [1.82, 2.24) is 4.90 Å². The highest BCUT2D eigenvalue weighted by Gasteiger charge is 2.28. The van der Waals surface area contributed by atoms with Gasteiger partial charge in [-0.3, -0.25) is 10.6 Å². The van der Waals surface area contributed by atoms with E-state index >= 15 is 0 Å². The number of rotatable bonds is 1. The van der Waals surface area contributed by atoms with E-state index in [0.29, 0.717) is 0 Å². The zero-order chi connectivity index (χ0) is 10.1. The van der Waals surface area contributed by atoms with Gasteiger partial charge in [0.05, 0.1) is 6.10 Å². The minimum absolute atomic E-state index is 0.0397. The largest absolute Gasteiger partial charge is 0.508 e. The Morgan fingerprint density at radius 2 is 2.36 bits per heavy atom. The predicted octanol–water partition coefficient (Wildman–Crippen LogP) is 0.638. The van der Waals surface area contributed by atoms with Crippen LogP contribution in [0.2, 0.25) is 0 Å². The van der Waals surface area contributed by atoms with Crippen LogP contribution in [-0.2, 0) is 4.74 Å². The molecule has 0 radical (unpaired) electrons. The molecule has 0 amide bonds. The molecule has 0 spiro atoms. The van der Waals surface area contributed by atoms with E-state index in [1.165, 1.54) is 0 Å². The molecule has 1 aliphatic rings. The van der Waals surface area contributed by atoms with E-state index < -0.39 is 0 Å². The van der Waals surface area contributed by atoms with Gasteiger partial charge in [-0.05, 0) is 24.7 Å². The standard InChI is InChI=1S/C10H14N2O2/c1-12-6-9(14-10(12)11)7-3-2-4-8(13)5-7/h2-5,9-10,13H,6,11H2,1H3. The Balaban J connectivity index is 2.17. The number of likely N-dealkylation sites (N-methyl/N-ethyl adjacent to an activating group) is 1. The van der Waals surface area contributed by atoms with Crippen molar-refractivity contribution in [3.8, 4) is 5.75 Å². The number of aromatic hydroxyl groups is 1. The first-order chi connectivity index (χ1) is 6.66. The molecule has 76 valence electrons. The third-order valence-electron chi connectivity index (χ3n) is 2.43. The summed E-state index contributed by atoms with van der Waals surface area (Å²) < 4.78 is 5.51. The Morgan fingerprint density at radius 3 is 2.93 bits per heavy atom. The number of nitrogens with zero attached hydrogens (tertiary/aromatic N) is 1. The minimum Gasteiger partial charge on any atom is -0.508 e. The summed E-state index contributed by atoms with van der Waals surface area (Å²) in [6.45, 7) is 0.755. The highest BCUT2D eigenvalue weighted by molar-refractivity contribution is 5.29. The molecule has 14 heavy (non-hydrogen) atoms. The number of hydrogen-bond donors (Lipinski definition) is 2. The Bertz CT molecular complexity index is 320. The van der Waals surface area contributed by atoms with E-state index in [0.717, 1.165) is 12.1 Å². The Kier molecular flexibility index (Phi) is 2.41. The summed E-state index contributed by atoms with van der Waals surface area (Å²) >= 11 is 0. The molecule has 1 saturated heterocycles. The van der Waals surface area contributed by atoms with Crippen LogP contribution in [0.5, 0.6) is 5.75 Å². The van der Waals surface area contributed by atoms with Crippen LogP contribution < -0.4 is 5.73 Å². The Hall–Kier alpha value is -1.10. The van der Waals surface area contributed by atoms with Crippen molar-refractivity contribution in [3.63, 3.8) is 0 Å². The molecule has 2 atom stereocenters. The molecule has 1 aliphatic heterocycles. The summed E-state index contributed by atoms with van der Waals surface area (Å²) in [6, 6.07) is 7.08. The fourth-order valence-electron chi connectivity index (χ4n) is 1.59. The molecule has 2 unspecified atom stereocenters. The van der Waals surface area contributed by atoms with Gasteiger partial charge >= 0.3 is 0 Å². The van der Waals surface area contributed by atoms with E-state index in [1.54, 1.807) is 18.2 Å². The first-order valence-electron chi connectivity index (χ1n) is 4.57. The van der Waals surface area contributed by atoms with Gasteiger partial charge in [-0.25, -0.2) is 0 Å². The lowest BCUT2D eigenvalue weighted by Gasteiger charge is -2.10. The highest BCUT2D eigenvalue weighted by Crippen LogP contribution is 2.27. The average Bonchev–Trinajstić information content (AvgIpc) is 2.47. The van der Waals surface area contributed by atoms with Crippen LogP contribution in [0.1, 0.15) is 11.7 Å². The summed E-state index contributed by atoms with van der Waals surface area (Å²) in [5.41, 5.74) is 6.65. The van der Waals surface area contributed by atoms with Crippen molar-refractivity contribution in [2.75, 3.05) is 13.6 Å². The van der Waals surface area contributed by atoms with Crippen molar-refractivity contribution in [2.24, 2.45) is 5.73 Å². The lowest BCUT2D eigenvalue weighted by molar-refractivity contribution is 0.0121. The van der Waals surface area contributed by atoms with Crippen molar-refractivity contribution in [1.29, 1.82) is 0 Å². The molecule has 1 aromatic carbocycles. The highest BCUT2D eigenvalue weighted by atomic mass is 16.5. The van der Waals surface area contributed by atoms with Gasteiger partial charge in [0.2, 0.25) is 0 Å². The molecular weight excluding hydrogens is 180 g/mol. The zero-order valence-electron chi connectivity index (χ0n) is 8.05. The van der Waals surface area contributed by atoms with E-state index in [9.17, 15) is 5.11 Å². The maximum absolute atomic E-state index is 9.30. The summed E-state index contributed by atoms with van der Waals surface area (Å²) in [5, 5.41) is 9.30. The number of ether oxygens (including phenoxy) is 1. The topological polar surface area (TPSA) is 58.7 Å². The Morgan fingerprint density at radius 1 is 1.57 bits per heavy atom. The van der Waals surface area contributed by atoms with E-state index in [4.69, 9.17) is 10.5 Å². The maximum atomic E-state index is 9.30. The van der Waals surface area contributed by atoms with Crippen molar-refractivity contribution < 1.29 is 9.84 Å². The predicted molar refractivity (Wildman–Crippen MR) is 52.5 cm³/mol. The van der Waals surface area contributed by atoms with Gasteiger partial charge in [-0.1, -0.05) is 12.1 Å². The second-order valence-electron chi connectivity index (χ2n) is 3.55. The van der Waals surface area contributed by atoms with Gasteiger partial charge in [0.25, 0.3) is 0 Å². The fraction of sp³-hybridized carbons (Fsp3) is 0.400. The number of phenols is 1. The molecule has 1 heterocycles. The maximum Gasteiger partial charge on any atom is 0.164 e. The number of benzene rings is 1. The number of hydrogen-bond acceptors (Lipinski definition) is 4. The molecular formula is C10H14N2O2. The SMILES string of the molecule is CN1CC(c2cccc(O)c2)OC1N. The quantitative estimate of drug-likeness (QED) is 0.688. The third-order valence-corrected chi connectivity index (χ3v) is 2.43. The molecule has 4 nitrogen and oxygen atoms in total. The lowest BCUT2D eigenvalue weighted by atomic mass is 10.1. The van der Waals surface area contributed by atoms with Crippen LogP contribution in [0.4, 0.5) is 0 Å². The smallest absolute Gasteiger partial charge is 0.164 e. The van der Waals surface area contributed by atoms with Crippen molar-refractivity contribution in [3.05, 3.63) is 29.8 Å². The van der Waals surface area contributed by atoms with Crippen molar-refractivity contribution in [2.45, 2.75) is 12.5 Å². The van der Waals surface area contributed by atoms with Crippen LogP contribution >= 0.6 is 0 Å². The van der Waals surface area contributed by atoms with Gasteiger partial charge < -0.3 is 9.84 Å². The van der Waals surface area contributed by atoms with Gasteiger partial charge in [-0.2, -0.15) is 0 Å². The summed E-state index contributed by atoms with van der Waals surface area (Å²) in [7, 11) is 1.91. The normalized spacial score (nSPS) is 28.1. The van der Waals surface area contributed by atoms with E-state index in [2.05, 4.69) is 0 Å². The molecule has 1 fully saturated rings. The molecule has 2 rings (SSSR count). The molecule has 4 heteroatoms. The fourth-order valence-corrected chi connectivity index (χ4v) is 1.59. The van der Waals surface area contributed by atoms with Crippen LogP contribution in [0.15, 0.2) is 24.3 Å². The van der Waals surface area contributed by atoms with E-state index in [1.807, 2.05) is 18.0 Å². The minimum atomic E-state index is -0.345. The molecule has 3 N–H and O–H groups in total. The van der Waals surface area contributed by atoms with Crippen LogP contribution in [0.3, 0.4) is 0 Å². The third kappa shape index (κ3) is 1.72. The monoisotopic (exact) mass is 194 g/mol. The van der Waals surface area contributed by atoms with Crippen LogP contribution in [-0.4, -0.2) is 30.0 Å². The van der Waals surface area contributed by atoms with E-state index in [-0.39, 0.29) is 18.2 Å². The van der Waals surface area contributed by atoms with Gasteiger partial charge in [-0.15, -0.1) is 0 Å². The molecule has 0 bridgehead atoms. The molecule has 1 aromatic rings. The summed E-state index contributed by atoms with van der Waals surface area (Å²) in [5.74, 6) is 0.259. The average molecular weight is 194 g/mol. The molecule has 0 aromatic heterocycles. The summed E-state index contributed by atoms with van der Waals surface area (Å²) in [6.07, 6.45) is -0.385. The zero-order valence-corrected chi connectivity index (χ0v) is 8.05. The number of nitrogens with two attached hydrogens (primary N) is 1. The van der Waals surface area contributed by atoms with Crippen molar-refractivity contribution >= 4 is 0 Å².